The lowest BCUT2D eigenvalue weighted by Crippen LogP contribution is -2.19. The van der Waals surface area contributed by atoms with E-state index in [9.17, 15) is 0 Å². The summed E-state index contributed by atoms with van der Waals surface area (Å²) in [5.74, 6) is 0.852. The number of hydrogen-bond donors (Lipinski definition) is 2. The molecule has 5 heteroatoms. The number of rotatable bonds is 4. The third-order valence-electron chi connectivity index (χ3n) is 2.84. The monoisotopic (exact) mass is 364 g/mol. The summed E-state index contributed by atoms with van der Waals surface area (Å²) in [5, 5.41) is 6.87. The molecule has 2 rings (SSSR count). The minimum Gasteiger partial charge on any atom is -0.494 e. The van der Waals surface area contributed by atoms with Gasteiger partial charge in [0.25, 0.3) is 0 Å². The van der Waals surface area contributed by atoms with Gasteiger partial charge in [0.15, 0.2) is 5.11 Å². The van der Waals surface area contributed by atoms with Crippen molar-refractivity contribution in [3.05, 3.63) is 52.5 Å². The van der Waals surface area contributed by atoms with Gasteiger partial charge >= 0.3 is 0 Å². The second-order valence-electron chi connectivity index (χ2n) is 4.50. The van der Waals surface area contributed by atoms with Gasteiger partial charge in [-0.2, -0.15) is 0 Å². The zero-order valence-corrected chi connectivity index (χ0v) is 14.3. The van der Waals surface area contributed by atoms with Crippen molar-refractivity contribution in [1.82, 2.24) is 0 Å². The van der Waals surface area contributed by atoms with E-state index in [1.807, 2.05) is 56.3 Å². The number of ether oxygens (including phenoxy) is 1. The lowest BCUT2D eigenvalue weighted by molar-refractivity contribution is 0.340. The van der Waals surface area contributed by atoms with E-state index in [1.54, 1.807) is 0 Å². The summed E-state index contributed by atoms with van der Waals surface area (Å²) in [6, 6.07) is 13.7. The van der Waals surface area contributed by atoms with E-state index in [0.29, 0.717) is 11.7 Å². The van der Waals surface area contributed by atoms with Crippen molar-refractivity contribution in [3.8, 4) is 5.75 Å². The van der Waals surface area contributed by atoms with Gasteiger partial charge in [0, 0.05) is 15.8 Å². The van der Waals surface area contributed by atoms with Crippen LogP contribution in [0.5, 0.6) is 5.75 Å². The van der Waals surface area contributed by atoms with Gasteiger partial charge in [-0.15, -0.1) is 0 Å². The Morgan fingerprint density at radius 1 is 1.10 bits per heavy atom. The van der Waals surface area contributed by atoms with Crippen LogP contribution in [0.2, 0.25) is 0 Å². The molecule has 0 bridgehead atoms. The first-order chi connectivity index (χ1) is 10.1. The molecule has 0 radical (unpaired) electrons. The lowest BCUT2D eigenvalue weighted by atomic mass is 10.2. The van der Waals surface area contributed by atoms with E-state index in [0.717, 1.165) is 27.2 Å². The van der Waals surface area contributed by atoms with Crippen molar-refractivity contribution in [1.29, 1.82) is 0 Å². The number of aryl methyl sites for hydroxylation is 1. The van der Waals surface area contributed by atoms with Crippen molar-refractivity contribution < 1.29 is 4.74 Å². The van der Waals surface area contributed by atoms with E-state index in [4.69, 9.17) is 17.0 Å². The minimum absolute atomic E-state index is 0.556. The summed E-state index contributed by atoms with van der Waals surface area (Å²) in [4.78, 5) is 0. The number of benzene rings is 2. The largest absolute Gasteiger partial charge is 0.494 e. The maximum Gasteiger partial charge on any atom is 0.175 e. The van der Waals surface area contributed by atoms with E-state index in [-0.39, 0.29) is 0 Å². The van der Waals surface area contributed by atoms with Crippen LogP contribution in [0.3, 0.4) is 0 Å². The fraction of sp³-hybridized carbons (Fsp3) is 0.188. The average molecular weight is 365 g/mol. The molecule has 0 heterocycles. The molecule has 0 aliphatic rings. The molecule has 0 amide bonds. The van der Waals surface area contributed by atoms with Crippen molar-refractivity contribution in [2.45, 2.75) is 13.8 Å². The van der Waals surface area contributed by atoms with Crippen LogP contribution in [0, 0.1) is 6.92 Å². The van der Waals surface area contributed by atoms with Gasteiger partial charge in [-0.3, -0.25) is 0 Å². The fourth-order valence-corrected chi connectivity index (χ4v) is 2.30. The molecule has 0 aliphatic heterocycles. The summed E-state index contributed by atoms with van der Waals surface area (Å²) in [6.07, 6.45) is 0. The quantitative estimate of drug-likeness (QED) is 0.750. The van der Waals surface area contributed by atoms with Gasteiger partial charge in [0.05, 0.1) is 6.61 Å². The molecular weight excluding hydrogens is 348 g/mol. The second kappa shape index (κ2) is 7.43. The summed E-state index contributed by atoms with van der Waals surface area (Å²) in [5.41, 5.74) is 3.03. The average Bonchev–Trinajstić information content (AvgIpc) is 2.45. The molecule has 0 saturated heterocycles. The van der Waals surface area contributed by atoms with Crippen LogP contribution in [0.25, 0.3) is 0 Å². The standard InChI is InChI=1S/C16H17BrN2OS/c1-3-20-14-7-4-12(5-8-14)18-16(21)19-13-6-9-15(17)11(2)10-13/h4-10H,3H2,1-2H3,(H2,18,19,21). The first kappa shape index (κ1) is 15.8. The number of thiocarbonyl (C=S) groups is 1. The van der Waals surface area contributed by atoms with Crippen LogP contribution in [-0.4, -0.2) is 11.7 Å². The lowest BCUT2D eigenvalue weighted by Gasteiger charge is -2.12. The van der Waals surface area contributed by atoms with Crippen LogP contribution in [0.4, 0.5) is 11.4 Å². The van der Waals surface area contributed by atoms with Crippen molar-refractivity contribution in [2.75, 3.05) is 17.2 Å². The van der Waals surface area contributed by atoms with Crippen LogP contribution in [0.1, 0.15) is 12.5 Å². The number of anilines is 2. The predicted octanol–water partition coefficient (Wildman–Crippen LogP) is 4.97. The maximum atomic E-state index is 5.41. The second-order valence-corrected chi connectivity index (χ2v) is 5.76. The fourth-order valence-electron chi connectivity index (χ4n) is 1.82. The molecule has 2 N–H and O–H groups in total. The highest BCUT2D eigenvalue weighted by Gasteiger charge is 2.01. The Labute approximate surface area is 138 Å². The molecule has 0 aromatic heterocycles. The SMILES string of the molecule is CCOc1ccc(NC(=S)Nc2ccc(Br)c(C)c2)cc1. The Hall–Kier alpha value is -1.59. The Kier molecular flexibility index (Phi) is 5.59. The van der Waals surface area contributed by atoms with E-state index in [1.165, 1.54) is 0 Å². The van der Waals surface area contributed by atoms with Gasteiger partial charge in [0.1, 0.15) is 5.75 Å². The summed E-state index contributed by atoms with van der Waals surface area (Å²) in [7, 11) is 0. The molecule has 0 saturated carbocycles. The van der Waals surface area contributed by atoms with E-state index >= 15 is 0 Å². The molecule has 0 aliphatic carbocycles. The molecule has 0 spiro atoms. The van der Waals surface area contributed by atoms with Crippen molar-refractivity contribution in [3.63, 3.8) is 0 Å². The third kappa shape index (κ3) is 4.72. The highest BCUT2D eigenvalue weighted by molar-refractivity contribution is 9.10. The van der Waals surface area contributed by atoms with Gasteiger partial charge in [-0.1, -0.05) is 15.9 Å². The van der Waals surface area contributed by atoms with E-state index in [2.05, 4.69) is 26.6 Å². The zero-order chi connectivity index (χ0) is 15.2. The van der Waals surface area contributed by atoms with Gasteiger partial charge in [-0.05, 0) is 74.1 Å². The van der Waals surface area contributed by atoms with Crippen LogP contribution in [-0.2, 0) is 0 Å². The van der Waals surface area contributed by atoms with Gasteiger partial charge in [-0.25, -0.2) is 0 Å². The van der Waals surface area contributed by atoms with Crippen LogP contribution >= 0.6 is 28.1 Å². The first-order valence-corrected chi connectivity index (χ1v) is 7.85. The molecule has 2 aromatic carbocycles. The number of hydrogen-bond acceptors (Lipinski definition) is 2. The molecule has 0 atom stereocenters. The number of halogens is 1. The third-order valence-corrected chi connectivity index (χ3v) is 3.93. The van der Waals surface area contributed by atoms with Crippen molar-refractivity contribution in [2.24, 2.45) is 0 Å². The highest BCUT2D eigenvalue weighted by Crippen LogP contribution is 2.20. The first-order valence-electron chi connectivity index (χ1n) is 6.65. The molecule has 0 fully saturated rings. The normalized spacial score (nSPS) is 10.0. The Morgan fingerprint density at radius 2 is 1.71 bits per heavy atom. The minimum atomic E-state index is 0.556. The molecule has 3 nitrogen and oxygen atoms in total. The summed E-state index contributed by atoms with van der Waals surface area (Å²) in [6.45, 7) is 4.67. The predicted molar refractivity (Wildman–Crippen MR) is 96.3 cm³/mol. The molecule has 2 aromatic rings. The molecular formula is C16H17BrN2OS. The Balaban J connectivity index is 1.96. The topological polar surface area (TPSA) is 33.3 Å². The molecule has 21 heavy (non-hydrogen) atoms. The van der Waals surface area contributed by atoms with Gasteiger partial charge < -0.3 is 15.4 Å². The Morgan fingerprint density at radius 3 is 2.33 bits per heavy atom. The van der Waals surface area contributed by atoms with Crippen LogP contribution < -0.4 is 15.4 Å². The highest BCUT2D eigenvalue weighted by atomic mass is 79.9. The van der Waals surface area contributed by atoms with Crippen molar-refractivity contribution >= 4 is 44.6 Å². The van der Waals surface area contributed by atoms with Crippen LogP contribution in [0.15, 0.2) is 46.9 Å². The smallest absolute Gasteiger partial charge is 0.175 e. The maximum absolute atomic E-state index is 5.41. The molecule has 0 unspecified atom stereocenters. The van der Waals surface area contributed by atoms with E-state index < -0.39 is 0 Å². The van der Waals surface area contributed by atoms with Gasteiger partial charge in [0.2, 0.25) is 0 Å². The summed E-state index contributed by atoms with van der Waals surface area (Å²) >= 11 is 8.79. The number of nitrogens with one attached hydrogen (secondary N) is 2. The Bertz CT molecular complexity index is 629. The molecule has 110 valence electrons. The zero-order valence-electron chi connectivity index (χ0n) is 11.9. The summed E-state index contributed by atoms with van der Waals surface area (Å²) < 4.78 is 6.49.